The molecule has 1 N–H and O–H groups in total. The number of allylic oxidation sites excluding steroid dienone is 1. The fourth-order valence-electron chi connectivity index (χ4n) is 6.75. The van der Waals surface area contributed by atoms with Gasteiger partial charge in [-0.05, 0) is 81.0 Å². The third kappa shape index (κ3) is 4.42. The number of hydrogen-bond donors (Lipinski definition) is 1. The molecule has 1 aromatic carbocycles. The molecule has 0 amide bonds. The Labute approximate surface area is 197 Å². The van der Waals surface area contributed by atoms with E-state index < -0.39 is 0 Å². The molecular formula is C29H37NO3. The number of hydrogen-bond acceptors (Lipinski definition) is 4. The van der Waals surface area contributed by atoms with Gasteiger partial charge in [0.15, 0.2) is 0 Å². The Hall–Kier alpha value is -2.33. The maximum atomic E-state index is 12.8. The zero-order valence-electron chi connectivity index (χ0n) is 20.0. The molecule has 33 heavy (non-hydrogen) atoms. The largest absolute Gasteiger partial charge is 0.469 e. The standard InChI is InChI=1S/C29H37NO3/c1-19-8-10-21(11-9-19)22(26-7-5-15-32-26)12-14-30-18-24-23-16-25-20(2)6-4-13-29(25,3)17-27(23)33-28(24)31/h5,7-11,15,22-25,27,30H,2,4,6,12-14,16-18H2,1,3H3. The first-order chi connectivity index (χ1) is 15.9. The Bertz CT molecular complexity index is 979. The van der Waals surface area contributed by atoms with Crippen LogP contribution in [0.2, 0.25) is 0 Å². The lowest BCUT2D eigenvalue weighted by atomic mass is 9.55. The Balaban J connectivity index is 1.21. The number of aryl methyl sites for hydroxylation is 1. The number of carbonyl (C=O) groups is 1. The molecule has 176 valence electrons. The van der Waals surface area contributed by atoms with E-state index in [2.05, 4.69) is 56.1 Å². The third-order valence-corrected chi connectivity index (χ3v) is 8.66. The zero-order valence-corrected chi connectivity index (χ0v) is 20.0. The predicted octanol–water partition coefficient (Wildman–Crippen LogP) is 6.01. The molecule has 4 nitrogen and oxygen atoms in total. The Kier molecular flexibility index (Phi) is 6.22. The molecule has 0 radical (unpaired) electrons. The second-order valence-corrected chi connectivity index (χ2v) is 10.9. The fourth-order valence-corrected chi connectivity index (χ4v) is 6.75. The summed E-state index contributed by atoms with van der Waals surface area (Å²) in [7, 11) is 0. The van der Waals surface area contributed by atoms with Crippen molar-refractivity contribution in [3.63, 3.8) is 0 Å². The van der Waals surface area contributed by atoms with Crippen molar-refractivity contribution in [3.05, 3.63) is 71.7 Å². The van der Waals surface area contributed by atoms with Crippen LogP contribution in [0, 0.1) is 30.1 Å². The van der Waals surface area contributed by atoms with Gasteiger partial charge < -0.3 is 14.5 Å². The summed E-state index contributed by atoms with van der Waals surface area (Å²) in [5, 5.41) is 3.59. The summed E-state index contributed by atoms with van der Waals surface area (Å²) < 4.78 is 11.7. The number of benzene rings is 1. The first-order valence-corrected chi connectivity index (χ1v) is 12.6. The highest BCUT2D eigenvalue weighted by Crippen LogP contribution is 2.56. The first kappa shape index (κ1) is 22.5. The van der Waals surface area contributed by atoms with Gasteiger partial charge in [-0.2, -0.15) is 0 Å². The number of ether oxygens (including phenoxy) is 1. The predicted molar refractivity (Wildman–Crippen MR) is 130 cm³/mol. The molecule has 1 aliphatic heterocycles. The Morgan fingerprint density at radius 2 is 2.06 bits per heavy atom. The summed E-state index contributed by atoms with van der Waals surface area (Å²) in [4.78, 5) is 12.8. The monoisotopic (exact) mass is 447 g/mol. The summed E-state index contributed by atoms with van der Waals surface area (Å²) in [5.41, 5.74) is 4.17. The van der Waals surface area contributed by atoms with Crippen molar-refractivity contribution in [3.8, 4) is 0 Å². The van der Waals surface area contributed by atoms with Crippen molar-refractivity contribution < 1.29 is 13.9 Å². The molecule has 6 unspecified atom stereocenters. The quantitative estimate of drug-likeness (QED) is 0.321. The molecule has 0 bridgehead atoms. The molecule has 1 aromatic heterocycles. The summed E-state index contributed by atoms with van der Waals surface area (Å²) in [6.07, 6.45) is 8.39. The van der Waals surface area contributed by atoms with Gasteiger partial charge in [0.2, 0.25) is 0 Å². The number of esters is 1. The number of rotatable bonds is 7. The third-order valence-electron chi connectivity index (χ3n) is 8.66. The van der Waals surface area contributed by atoms with Gasteiger partial charge in [-0.15, -0.1) is 0 Å². The molecule has 0 spiro atoms. The van der Waals surface area contributed by atoms with Gasteiger partial charge in [-0.1, -0.05) is 48.9 Å². The summed E-state index contributed by atoms with van der Waals surface area (Å²) in [6, 6.07) is 12.7. The lowest BCUT2D eigenvalue weighted by Gasteiger charge is -2.50. The van der Waals surface area contributed by atoms with Gasteiger partial charge in [0.05, 0.1) is 12.2 Å². The van der Waals surface area contributed by atoms with E-state index in [1.807, 2.05) is 6.07 Å². The zero-order chi connectivity index (χ0) is 23.0. The van der Waals surface area contributed by atoms with Crippen LogP contribution < -0.4 is 5.32 Å². The second kappa shape index (κ2) is 9.13. The van der Waals surface area contributed by atoms with Crippen LogP contribution >= 0.6 is 0 Å². The minimum Gasteiger partial charge on any atom is -0.469 e. The van der Waals surface area contributed by atoms with Gasteiger partial charge in [-0.3, -0.25) is 4.79 Å². The van der Waals surface area contributed by atoms with E-state index in [9.17, 15) is 4.79 Å². The molecule has 6 atom stereocenters. The van der Waals surface area contributed by atoms with Crippen molar-refractivity contribution in [2.45, 2.75) is 64.4 Å². The molecule has 2 aliphatic carbocycles. The van der Waals surface area contributed by atoms with Crippen LogP contribution in [0.25, 0.3) is 0 Å². The summed E-state index contributed by atoms with van der Waals surface area (Å²) >= 11 is 0. The highest BCUT2D eigenvalue weighted by atomic mass is 16.6. The lowest BCUT2D eigenvalue weighted by molar-refractivity contribution is -0.146. The van der Waals surface area contributed by atoms with E-state index in [4.69, 9.17) is 9.15 Å². The lowest BCUT2D eigenvalue weighted by Crippen LogP contribution is -2.45. The van der Waals surface area contributed by atoms with Crippen molar-refractivity contribution in [2.24, 2.45) is 23.2 Å². The highest BCUT2D eigenvalue weighted by Gasteiger charge is 2.54. The Morgan fingerprint density at radius 3 is 2.82 bits per heavy atom. The van der Waals surface area contributed by atoms with Crippen LogP contribution in [0.3, 0.4) is 0 Å². The topological polar surface area (TPSA) is 51.5 Å². The highest BCUT2D eigenvalue weighted by molar-refractivity contribution is 5.75. The van der Waals surface area contributed by atoms with Crippen LogP contribution in [0.1, 0.15) is 68.3 Å². The number of furan rings is 1. The SMILES string of the molecule is C=C1CCCC2(C)CC3OC(=O)C(CNCCC(c4ccc(C)cc4)c4ccco4)C3CC12. The fraction of sp³-hybridized carbons (Fsp3) is 0.552. The first-order valence-electron chi connectivity index (χ1n) is 12.6. The molecular weight excluding hydrogens is 410 g/mol. The molecule has 1 saturated heterocycles. The van der Waals surface area contributed by atoms with Gasteiger partial charge in [0, 0.05) is 18.4 Å². The van der Waals surface area contributed by atoms with E-state index in [1.54, 1.807) is 6.26 Å². The van der Waals surface area contributed by atoms with Crippen LogP contribution in [0.5, 0.6) is 0 Å². The Morgan fingerprint density at radius 1 is 1.24 bits per heavy atom. The second-order valence-electron chi connectivity index (χ2n) is 10.9. The maximum absolute atomic E-state index is 12.8. The number of fused-ring (bicyclic) bond motifs is 2. The van der Waals surface area contributed by atoms with Gasteiger partial charge in [0.25, 0.3) is 0 Å². The van der Waals surface area contributed by atoms with Crippen molar-refractivity contribution in [1.29, 1.82) is 0 Å². The molecule has 5 rings (SSSR count). The molecule has 2 heterocycles. The molecule has 3 fully saturated rings. The molecule has 3 aliphatic rings. The van der Waals surface area contributed by atoms with Crippen LogP contribution in [0.4, 0.5) is 0 Å². The van der Waals surface area contributed by atoms with Gasteiger partial charge >= 0.3 is 5.97 Å². The van der Waals surface area contributed by atoms with Crippen LogP contribution in [0.15, 0.2) is 59.2 Å². The molecule has 4 heteroatoms. The van der Waals surface area contributed by atoms with Gasteiger partial charge in [0.1, 0.15) is 11.9 Å². The van der Waals surface area contributed by atoms with E-state index in [0.717, 1.165) is 38.0 Å². The van der Waals surface area contributed by atoms with Crippen LogP contribution in [-0.4, -0.2) is 25.2 Å². The van der Waals surface area contributed by atoms with E-state index >= 15 is 0 Å². The van der Waals surface area contributed by atoms with Crippen molar-refractivity contribution >= 4 is 5.97 Å². The molecule has 2 saturated carbocycles. The van der Waals surface area contributed by atoms with Crippen molar-refractivity contribution in [1.82, 2.24) is 5.32 Å². The average molecular weight is 448 g/mol. The van der Waals surface area contributed by atoms with Crippen molar-refractivity contribution in [2.75, 3.05) is 13.1 Å². The number of nitrogens with one attached hydrogen (secondary N) is 1. The minimum atomic E-state index is -0.0456. The van der Waals surface area contributed by atoms with E-state index in [0.29, 0.717) is 18.4 Å². The van der Waals surface area contributed by atoms with E-state index in [1.165, 1.54) is 29.5 Å². The number of carbonyl (C=O) groups excluding carboxylic acids is 1. The summed E-state index contributed by atoms with van der Waals surface area (Å²) in [6.45, 7) is 10.4. The minimum absolute atomic E-state index is 0.00789. The van der Waals surface area contributed by atoms with E-state index in [-0.39, 0.29) is 29.3 Å². The maximum Gasteiger partial charge on any atom is 0.310 e. The van der Waals surface area contributed by atoms with Crippen LogP contribution in [-0.2, 0) is 9.53 Å². The van der Waals surface area contributed by atoms with Gasteiger partial charge in [-0.25, -0.2) is 0 Å². The molecule has 2 aromatic rings. The summed E-state index contributed by atoms with van der Waals surface area (Å²) in [5.74, 6) is 1.99. The normalized spacial score (nSPS) is 32.2. The smallest absolute Gasteiger partial charge is 0.310 e. The average Bonchev–Trinajstić information content (AvgIpc) is 3.41.